The molecule has 0 saturated heterocycles. The summed E-state index contributed by atoms with van der Waals surface area (Å²) in [7, 11) is 1.56. The zero-order valence-corrected chi connectivity index (χ0v) is 21.3. The molecule has 0 aliphatic rings. The lowest BCUT2D eigenvalue weighted by molar-refractivity contribution is -0.124. The van der Waals surface area contributed by atoms with Gasteiger partial charge in [-0.2, -0.15) is 0 Å². The third-order valence-corrected chi connectivity index (χ3v) is 5.36. The van der Waals surface area contributed by atoms with Gasteiger partial charge in [0, 0.05) is 25.7 Å². The highest BCUT2D eigenvalue weighted by atomic mass is 16.5. The largest absolute Gasteiger partial charge is 0.445 e. The number of ether oxygens (including phenoxy) is 1. The van der Waals surface area contributed by atoms with Crippen LogP contribution in [-0.4, -0.2) is 49.6 Å². The van der Waals surface area contributed by atoms with Gasteiger partial charge < -0.3 is 26.0 Å². The summed E-state index contributed by atoms with van der Waals surface area (Å²) in [5.74, 6) is -0.387. The maximum Gasteiger partial charge on any atom is 0.407 e. The van der Waals surface area contributed by atoms with Crippen LogP contribution in [-0.2, 0) is 27.4 Å². The van der Waals surface area contributed by atoms with Gasteiger partial charge in [0.2, 0.25) is 11.8 Å². The van der Waals surface area contributed by atoms with Gasteiger partial charge in [0.25, 0.3) is 0 Å². The Morgan fingerprint density at radius 2 is 1.58 bits per heavy atom. The Balaban J connectivity index is 1.89. The summed E-state index contributed by atoms with van der Waals surface area (Å²) in [6.07, 6.45) is 4.34. The van der Waals surface area contributed by atoms with Crippen LogP contribution >= 0.6 is 0 Å². The standard InChI is InChI=1S/C28H38N4O4/c1-21(2)31-25(15-10-18-30-28(35)36-20-23-13-8-5-9-14-23)27(34)32-24(16-17-26(33)29-3)19-22-11-6-4-7-12-22/h4-9,11-14,16-17,21,24-25,31H,10,15,18-20H2,1-3H3,(H,29,33)(H,30,35)(H,32,34)/b17-16+/t24-,25-/m1/s1. The lowest BCUT2D eigenvalue weighted by Gasteiger charge is -2.24. The van der Waals surface area contributed by atoms with E-state index in [0.717, 1.165) is 11.1 Å². The van der Waals surface area contributed by atoms with E-state index in [2.05, 4.69) is 21.3 Å². The van der Waals surface area contributed by atoms with Crippen LogP contribution in [0.15, 0.2) is 72.8 Å². The molecule has 0 aliphatic carbocycles. The first kappa shape index (κ1) is 28.6. The van der Waals surface area contributed by atoms with E-state index in [0.29, 0.717) is 25.8 Å². The third-order valence-electron chi connectivity index (χ3n) is 5.36. The molecule has 0 aliphatic heterocycles. The summed E-state index contributed by atoms with van der Waals surface area (Å²) in [5, 5.41) is 11.6. The van der Waals surface area contributed by atoms with Gasteiger partial charge in [-0.25, -0.2) is 4.79 Å². The van der Waals surface area contributed by atoms with Gasteiger partial charge in [0.15, 0.2) is 0 Å². The number of benzene rings is 2. The second-order valence-electron chi connectivity index (χ2n) is 8.78. The van der Waals surface area contributed by atoms with Crippen LogP contribution in [0.4, 0.5) is 4.79 Å². The first-order valence-electron chi connectivity index (χ1n) is 12.3. The molecule has 36 heavy (non-hydrogen) atoms. The summed E-state index contributed by atoms with van der Waals surface area (Å²) in [4.78, 5) is 36.9. The van der Waals surface area contributed by atoms with Crippen molar-refractivity contribution in [3.05, 3.63) is 83.9 Å². The second-order valence-corrected chi connectivity index (χ2v) is 8.78. The van der Waals surface area contributed by atoms with E-state index >= 15 is 0 Å². The summed E-state index contributed by atoms with van der Waals surface area (Å²) in [5.41, 5.74) is 1.97. The molecule has 194 valence electrons. The molecule has 0 bridgehead atoms. The minimum absolute atomic E-state index is 0.0959. The Morgan fingerprint density at radius 3 is 2.19 bits per heavy atom. The van der Waals surface area contributed by atoms with Gasteiger partial charge >= 0.3 is 6.09 Å². The van der Waals surface area contributed by atoms with E-state index < -0.39 is 12.1 Å². The maximum absolute atomic E-state index is 13.2. The molecule has 3 amide bonds. The molecule has 2 atom stereocenters. The van der Waals surface area contributed by atoms with Crippen LogP contribution in [0.25, 0.3) is 0 Å². The van der Waals surface area contributed by atoms with E-state index in [1.807, 2.05) is 74.5 Å². The summed E-state index contributed by atoms with van der Waals surface area (Å²) >= 11 is 0. The van der Waals surface area contributed by atoms with E-state index in [1.165, 1.54) is 6.08 Å². The molecule has 0 fully saturated rings. The van der Waals surface area contributed by atoms with E-state index in [1.54, 1.807) is 13.1 Å². The fraction of sp³-hybridized carbons (Fsp3) is 0.393. The zero-order valence-electron chi connectivity index (χ0n) is 21.3. The smallest absolute Gasteiger partial charge is 0.407 e. The molecule has 2 aromatic rings. The summed E-state index contributed by atoms with van der Waals surface area (Å²) in [6.45, 7) is 4.55. The normalized spacial score (nSPS) is 12.7. The van der Waals surface area contributed by atoms with Crippen LogP contribution in [0.5, 0.6) is 0 Å². The second kappa shape index (κ2) is 16.1. The average molecular weight is 495 g/mol. The van der Waals surface area contributed by atoms with Crippen molar-refractivity contribution in [1.29, 1.82) is 0 Å². The molecule has 2 rings (SSSR count). The van der Waals surface area contributed by atoms with Gasteiger partial charge in [-0.1, -0.05) is 80.6 Å². The van der Waals surface area contributed by atoms with E-state index in [-0.39, 0.29) is 30.5 Å². The van der Waals surface area contributed by atoms with Crippen molar-refractivity contribution in [3.63, 3.8) is 0 Å². The molecule has 0 unspecified atom stereocenters. The van der Waals surface area contributed by atoms with Crippen LogP contribution < -0.4 is 21.3 Å². The van der Waals surface area contributed by atoms with Crippen molar-refractivity contribution in [3.8, 4) is 0 Å². The number of nitrogens with one attached hydrogen (secondary N) is 4. The van der Waals surface area contributed by atoms with Gasteiger partial charge in [-0.05, 0) is 30.4 Å². The molecule has 0 saturated carbocycles. The number of hydrogen-bond acceptors (Lipinski definition) is 5. The summed E-state index contributed by atoms with van der Waals surface area (Å²) in [6, 6.07) is 18.6. The summed E-state index contributed by atoms with van der Waals surface area (Å²) < 4.78 is 5.23. The van der Waals surface area contributed by atoms with Gasteiger partial charge in [-0.15, -0.1) is 0 Å². The fourth-order valence-electron chi connectivity index (χ4n) is 3.57. The molecule has 4 N–H and O–H groups in total. The monoisotopic (exact) mass is 494 g/mol. The Bertz CT molecular complexity index is 964. The van der Waals surface area contributed by atoms with Crippen LogP contribution in [0, 0.1) is 0 Å². The zero-order chi connectivity index (χ0) is 26.2. The highest BCUT2D eigenvalue weighted by Crippen LogP contribution is 2.07. The van der Waals surface area contributed by atoms with Gasteiger partial charge in [0.05, 0.1) is 12.1 Å². The lowest BCUT2D eigenvalue weighted by Crippen LogP contribution is -2.50. The van der Waals surface area contributed by atoms with Crippen molar-refractivity contribution in [2.24, 2.45) is 0 Å². The Hall–Kier alpha value is -3.65. The topological polar surface area (TPSA) is 109 Å². The number of alkyl carbamates (subject to hydrolysis) is 1. The van der Waals surface area contributed by atoms with Crippen molar-refractivity contribution >= 4 is 17.9 Å². The van der Waals surface area contributed by atoms with Crippen molar-refractivity contribution < 1.29 is 19.1 Å². The highest BCUT2D eigenvalue weighted by Gasteiger charge is 2.21. The number of amides is 3. The van der Waals surface area contributed by atoms with Crippen LogP contribution in [0.2, 0.25) is 0 Å². The molecular weight excluding hydrogens is 456 g/mol. The quantitative estimate of drug-likeness (QED) is 0.238. The minimum atomic E-state index is -0.487. The number of carbonyl (C=O) groups excluding carboxylic acids is 3. The number of likely N-dealkylation sites (N-methyl/N-ethyl adjacent to an activating group) is 1. The fourth-order valence-corrected chi connectivity index (χ4v) is 3.57. The van der Waals surface area contributed by atoms with Crippen LogP contribution in [0.3, 0.4) is 0 Å². The average Bonchev–Trinajstić information content (AvgIpc) is 2.88. The lowest BCUT2D eigenvalue weighted by atomic mass is 10.0. The van der Waals surface area contributed by atoms with Gasteiger partial charge in [-0.3, -0.25) is 9.59 Å². The highest BCUT2D eigenvalue weighted by molar-refractivity contribution is 5.87. The Labute approximate surface area is 213 Å². The molecular formula is C28H38N4O4. The van der Waals surface area contributed by atoms with E-state index in [4.69, 9.17) is 4.74 Å². The number of rotatable bonds is 14. The van der Waals surface area contributed by atoms with Crippen LogP contribution in [0.1, 0.15) is 37.8 Å². The molecule has 0 spiro atoms. The first-order chi connectivity index (χ1) is 17.4. The molecule has 2 aromatic carbocycles. The van der Waals surface area contributed by atoms with Gasteiger partial charge in [0.1, 0.15) is 6.61 Å². The SMILES string of the molecule is CNC(=O)/C=C/[C@H](Cc1ccccc1)NC(=O)[C@@H](CCCNC(=O)OCc1ccccc1)NC(C)C. The number of carbonyl (C=O) groups is 3. The van der Waals surface area contributed by atoms with Crippen molar-refractivity contribution in [2.75, 3.05) is 13.6 Å². The van der Waals surface area contributed by atoms with E-state index in [9.17, 15) is 14.4 Å². The Morgan fingerprint density at radius 1 is 0.944 bits per heavy atom. The molecule has 8 heteroatoms. The molecule has 0 radical (unpaired) electrons. The predicted octanol–water partition coefficient (Wildman–Crippen LogP) is 3.09. The molecule has 0 heterocycles. The Kier molecular flexibility index (Phi) is 12.8. The maximum atomic E-state index is 13.2. The first-order valence-corrected chi connectivity index (χ1v) is 12.3. The molecule has 0 aromatic heterocycles. The van der Waals surface area contributed by atoms with Crippen molar-refractivity contribution in [2.45, 2.75) is 57.8 Å². The molecule has 8 nitrogen and oxygen atoms in total. The van der Waals surface area contributed by atoms with Crippen molar-refractivity contribution in [1.82, 2.24) is 21.3 Å². The predicted molar refractivity (Wildman–Crippen MR) is 141 cm³/mol. The third kappa shape index (κ3) is 11.7. The minimum Gasteiger partial charge on any atom is -0.445 e. The number of hydrogen-bond donors (Lipinski definition) is 4.